The number of hydrogen-bond acceptors (Lipinski definition) is 27. The standard InChI is InChI=1S/C92H119N19O27S3/c1-46(96-70(114)39-111(7)71(115)28-29-93)78(125)108-67-44-140-41-52-30-51-31-53(32-52)42-141-45-68(109-80(127)48(3)97-83(130)62(35-55-18-13-17-54-16-11-12-19-57(54)55)104-81(128)58(24-26-72(116)117)99-86(133)63(36-69(94)113)101-79(126)47(2)98-89(67)136)90(137)100-59(25-27-73(118)119)82(129)105-64(37-74(120)121)87(134)103-60(33-49-14-9-8-10-15-49)84(131)102-61(34-50-20-22-56(112)23-21-50)85(132)106-65(38-75(122)123)88(135)110-76(92(4,5)6)91(138)107-66(77(95)124)43-139-40-51/h8-23,30-32,46-48,58-68,76,112H,24-29,33-45,93H2,1-7H3,(H2,94,113)(H2,95,124)(H,96,114)(H,97,130)(H,98,136)(H,99,133)(H,100,137)(H,101,126)(H,102,131)(H,103,134)(H,104,128)(H,105,129)(H,106,132)(H,107,138)(H,108,125)(H,109,127)(H,110,135)(H,116,117)(H,118,119)(H,120,121)(H,122,123)/t46-,47+,48+,58-,59-,60-,61-,62-,63-,64-,65-,66-,67-,68-,76+/m0/s1. The molecule has 2 heterocycles. The number of rotatable bonds is 26. The molecular formula is C92H119N19O27S3. The van der Waals surface area contributed by atoms with Crippen LogP contribution in [0.15, 0.2) is 115 Å². The lowest BCUT2D eigenvalue weighted by molar-refractivity contribution is -0.142. The molecular weight excluding hydrogens is 1900 g/mol. The molecule has 0 saturated heterocycles. The number of phenolic OH excluding ortho intramolecular Hbond substituents is 1. The van der Waals surface area contributed by atoms with Crippen molar-refractivity contribution in [2.45, 2.75) is 220 Å². The van der Waals surface area contributed by atoms with Crippen molar-refractivity contribution in [2.75, 3.05) is 37.4 Å². The first-order valence-electron chi connectivity index (χ1n) is 44.6. The van der Waals surface area contributed by atoms with Gasteiger partial charge in [0, 0.05) is 86.6 Å². The van der Waals surface area contributed by atoms with Crippen molar-refractivity contribution >= 4 is 176 Å². The maximum Gasteiger partial charge on any atom is 0.305 e. The fourth-order valence-electron chi connectivity index (χ4n) is 14.5. The largest absolute Gasteiger partial charge is 0.508 e. The van der Waals surface area contributed by atoms with Gasteiger partial charge in [-0.1, -0.05) is 124 Å². The van der Waals surface area contributed by atoms with Gasteiger partial charge in [-0.2, -0.15) is 35.3 Å². The van der Waals surface area contributed by atoms with Gasteiger partial charge in [-0.25, -0.2) is 0 Å². The van der Waals surface area contributed by atoms with E-state index in [1.54, 1.807) is 78.9 Å². The Balaban J connectivity index is 1.42. The lowest BCUT2D eigenvalue weighted by Gasteiger charge is -2.33. The Labute approximate surface area is 822 Å². The van der Waals surface area contributed by atoms with Crippen molar-refractivity contribution in [1.82, 2.24) is 84.7 Å². The molecule has 46 nitrogen and oxygen atoms in total. The number of primary amides is 2. The third kappa shape index (κ3) is 37.6. The highest BCUT2D eigenvalue weighted by molar-refractivity contribution is 7.99. The van der Waals surface area contributed by atoms with Crippen molar-refractivity contribution < 1.29 is 131 Å². The van der Waals surface area contributed by atoms with Crippen molar-refractivity contribution in [3.63, 3.8) is 0 Å². The van der Waals surface area contributed by atoms with Gasteiger partial charge in [0.25, 0.3) is 0 Å². The van der Waals surface area contributed by atoms with Crippen LogP contribution in [0.2, 0.25) is 0 Å². The Morgan fingerprint density at radius 3 is 1.38 bits per heavy atom. The second kappa shape index (κ2) is 54.8. The Morgan fingerprint density at radius 2 is 0.872 bits per heavy atom. The van der Waals surface area contributed by atoms with Gasteiger partial charge in [-0.15, -0.1) is 0 Å². The highest BCUT2D eigenvalue weighted by Gasteiger charge is 2.42. The fourth-order valence-corrected chi connectivity index (χ4v) is 17.5. The summed E-state index contributed by atoms with van der Waals surface area (Å²) in [7, 11) is 1.31. The zero-order valence-electron chi connectivity index (χ0n) is 78.2. The number of carbonyl (C=O) groups excluding carboxylic acids is 18. The molecule has 762 valence electrons. The zero-order valence-corrected chi connectivity index (χ0v) is 80.6. The molecule has 0 fully saturated rings. The minimum Gasteiger partial charge on any atom is -0.508 e. The van der Waals surface area contributed by atoms with E-state index in [-0.39, 0.29) is 47.3 Å². The van der Waals surface area contributed by atoms with E-state index in [4.69, 9.17) is 17.2 Å². The minimum atomic E-state index is -2.25. The average Bonchev–Trinajstić information content (AvgIpc) is 0.851. The highest BCUT2D eigenvalue weighted by atomic mass is 32.2. The van der Waals surface area contributed by atoms with Crippen molar-refractivity contribution in [3.05, 3.63) is 149 Å². The molecule has 26 N–H and O–H groups in total. The molecule has 18 amide bonds. The molecule has 0 unspecified atom stereocenters. The van der Waals surface area contributed by atoms with Gasteiger partial charge in [0.2, 0.25) is 106 Å². The van der Waals surface area contributed by atoms with Gasteiger partial charge in [-0.3, -0.25) is 105 Å². The summed E-state index contributed by atoms with van der Waals surface area (Å²) in [6.45, 7) is 7.43. The molecule has 4 bridgehead atoms. The summed E-state index contributed by atoms with van der Waals surface area (Å²) in [4.78, 5) is 311. The first-order chi connectivity index (χ1) is 66.5. The summed E-state index contributed by atoms with van der Waals surface area (Å²) in [5.74, 6) is -29.1. The molecule has 141 heavy (non-hydrogen) atoms. The number of likely N-dealkylation sites (N-methyl/N-ethyl adjacent to an activating group) is 1. The number of aliphatic carboxylic acids is 4. The van der Waals surface area contributed by atoms with Gasteiger partial charge >= 0.3 is 23.9 Å². The Bertz CT molecular complexity index is 5440. The van der Waals surface area contributed by atoms with Crippen LogP contribution in [0.5, 0.6) is 5.75 Å². The summed E-state index contributed by atoms with van der Waals surface area (Å²) < 4.78 is 0. The number of phenols is 1. The van der Waals surface area contributed by atoms with E-state index in [1.807, 2.05) is 0 Å². The van der Waals surface area contributed by atoms with Crippen molar-refractivity contribution in [3.8, 4) is 5.75 Å². The molecule has 0 aromatic heterocycles. The maximum atomic E-state index is 15.4. The molecule has 2 aliphatic rings. The van der Waals surface area contributed by atoms with Gasteiger partial charge in [-0.05, 0) is 95.3 Å². The van der Waals surface area contributed by atoms with Crippen LogP contribution in [-0.2, 0) is 142 Å². The number of carbonyl (C=O) groups is 22. The average molecular weight is 2020 g/mol. The Hall–Kier alpha value is -14.5. The lowest BCUT2D eigenvalue weighted by Crippen LogP contribution is -2.62. The van der Waals surface area contributed by atoms with E-state index in [1.165, 1.54) is 71.1 Å². The van der Waals surface area contributed by atoms with E-state index < -0.39 is 309 Å². The molecule has 15 atom stereocenters. The number of nitrogens with one attached hydrogen (secondary N) is 15. The van der Waals surface area contributed by atoms with Crippen LogP contribution in [0.3, 0.4) is 0 Å². The van der Waals surface area contributed by atoms with Crippen LogP contribution in [-0.4, -0.2) is 289 Å². The predicted molar refractivity (Wildman–Crippen MR) is 513 cm³/mol. The van der Waals surface area contributed by atoms with Crippen LogP contribution in [0, 0.1) is 5.41 Å². The van der Waals surface area contributed by atoms with Crippen LogP contribution in [0.1, 0.15) is 126 Å². The van der Waals surface area contributed by atoms with Gasteiger partial charge in [0.15, 0.2) is 0 Å². The number of nitrogens with zero attached hydrogens (tertiary/aromatic N) is 1. The summed E-state index contributed by atoms with van der Waals surface area (Å²) in [6.07, 6.45) is -8.39. The number of thioether (sulfide) groups is 3. The number of nitrogens with two attached hydrogens (primary N) is 3. The highest BCUT2D eigenvalue weighted by Crippen LogP contribution is 2.28. The molecule has 0 radical (unpaired) electrons. The second-order valence-corrected chi connectivity index (χ2v) is 37.8. The third-order valence-corrected chi connectivity index (χ3v) is 25.4. The molecule has 7 rings (SSSR count). The number of hydrogen-bond donors (Lipinski definition) is 23. The molecule has 0 saturated carbocycles. The summed E-state index contributed by atoms with van der Waals surface area (Å²) >= 11 is 2.92. The summed E-state index contributed by atoms with van der Waals surface area (Å²) in [5, 5.41) is 88.9. The summed E-state index contributed by atoms with van der Waals surface area (Å²) in [6, 6.07) is 1.91. The van der Waals surface area contributed by atoms with Gasteiger partial charge in [0.1, 0.15) is 96.4 Å². The molecule has 2 aliphatic heterocycles. The molecule has 0 aliphatic carbocycles. The fraction of sp³-hybridized carbons (Fsp3) is 0.457. The van der Waals surface area contributed by atoms with E-state index in [0.717, 1.165) is 54.0 Å². The number of fused-ring (bicyclic) bond motifs is 6. The van der Waals surface area contributed by atoms with Crippen LogP contribution < -0.4 is 97.0 Å². The molecule has 5 aromatic rings. The predicted octanol–water partition coefficient (Wildman–Crippen LogP) is -3.77. The molecule has 5 aromatic carbocycles. The smallest absolute Gasteiger partial charge is 0.305 e. The number of carboxylic acids is 4. The number of benzene rings is 5. The van der Waals surface area contributed by atoms with Crippen molar-refractivity contribution in [1.29, 1.82) is 0 Å². The van der Waals surface area contributed by atoms with Crippen molar-refractivity contribution in [2.24, 2.45) is 22.6 Å². The van der Waals surface area contributed by atoms with E-state index in [0.29, 0.717) is 38.6 Å². The number of carboxylic acid groups (broad SMARTS) is 4. The Morgan fingerprint density at radius 1 is 0.447 bits per heavy atom. The van der Waals surface area contributed by atoms with Crippen LogP contribution >= 0.6 is 35.3 Å². The third-order valence-electron chi connectivity index (χ3n) is 22.0. The monoisotopic (exact) mass is 2020 g/mol. The summed E-state index contributed by atoms with van der Waals surface area (Å²) in [5.41, 5.74) is 18.0. The second-order valence-electron chi connectivity index (χ2n) is 34.8. The quantitative estimate of drug-likeness (QED) is 0.0253. The van der Waals surface area contributed by atoms with E-state index >= 15 is 24.0 Å². The first kappa shape index (κ1) is 113. The Kier molecular flexibility index (Phi) is 44.1. The van der Waals surface area contributed by atoms with Crippen LogP contribution in [0.25, 0.3) is 10.8 Å². The van der Waals surface area contributed by atoms with Gasteiger partial charge in [0.05, 0.1) is 25.8 Å². The van der Waals surface area contributed by atoms with Crippen LogP contribution in [0.4, 0.5) is 0 Å². The first-order valence-corrected chi connectivity index (χ1v) is 48.1. The maximum absolute atomic E-state index is 15.4. The van der Waals surface area contributed by atoms with E-state index in [9.17, 15) is 107 Å². The SMILES string of the molecule is C[C@H](NC(=O)CN(C)C(=O)CCN)C(=O)N[C@H]1CSCc2cc3cc(c2)CSC[C@H](NC(=O)[C@@H](C)NC(=O)[C@H](Cc2cccc4ccccc24)NC(=O)[C@H](CCC(=O)O)NC(=O)[C@H](CC(N)=O)NC(=O)[C@@H](C)NC1=O)C(=O)N[C@@H](CCC(=O)O)C(=O)N[C@@H](CC(=O)O)C(=O)N[C@@H](Cc1ccccc1)C(=O)N[C@@H](Cc1ccc(O)cc1)C(=O)N[C@@H](CC(=O)O)C(=O)N[C@@H](C(C)(C)C)C(=O)N[C@H](C(N)=O)CSC3. The zero-order chi connectivity index (χ0) is 104. The topological polar surface area (TPSA) is 738 Å². The molecule has 0 spiro atoms. The normalized spacial score (nSPS) is 23.1. The van der Waals surface area contributed by atoms with E-state index in [2.05, 4.69) is 79.8 Å². The lowest BCUT2D eigenvalue weighted by atomic mass is 9.85. The number of aromatic hydroxyl groups is 1. The number of amides is 18. The molecule has 49 heteroatoms. The van der Waals surface area contributed by atoms with Gasteiger partial charge < -0.3 is 127 Å². The minimum absolute atomic E-state index is 0.0456.